The molecule has 0 bridgehead atoms. The number of nitrogens with one attached hydrogen (secondary N) is 1. The van der Waals surface area contributed by atoms with Gasteiger partial charge in [0, 0.05) is 22.2 Å². The summed E-state index contributed by atoms with van der Waals surface area (Å²) in [5.41, 5.74) is 0.625. The van der Waals surface area contributed by atoms with E-state index in [0.717, 1.165) is 15.3 Å². The third-order valence-corrected chi connectivity index (χ3v) is 3.76. The standard InChI is InChI=1S/C14H11N3OS.2ClH/c1-9-16-11-3-2-4-12(13(11)14(18)17-9)19-10-5-7-15-8-6-10;;/h2-8H,1H3,(H,16,17,18);2*1H. The van der Waals surface area contributed by atoms with Crippen LogP contribution >= 0.6 is 36.6 Å². The van der Waals surface area contributed by atoms with E-state index >= 15 is 0 Å². The molecule has 2 aromatic heterocycles. The van der Waals surface area contributed by atoms with Gasteiger partial charge in [-0.2, -0.15) is 0 Å². The van der Waals surface area contributed by atoms with Gasteiger partial charge in [-0.15, -0.1) is 24.8 Å². The number of aromatic amines is 1. The van der Waals surface area contributed by atoms with Crippen LogP contribution in [0.5, 0.6) is 0 Å². The van der Waals surface area contributed by atoms with E-state index in [-0.39, 0.29) is 30.4 Å². The highest BCUT2D eigenvalue weighted by molar-refractivity contribution is 7.99. The molecule has 0 aliphatic rings. The second-order valence-electron chi connectivity index (χ2n) is 4.09. The lowest BCUT2D eigenvalue weighted by Gasteiger charge is -2.05. The lowest BCUT2D eigenvalue weighted by molar-refractivity contribution is 1.05. The minimum Gasteiger partial charge on any atom is -0.310 e. The Morgan fingerprint density at radius 1 is 1.10 bits per heavy atom. The minimum atomic E-state index is -0.0975. The van der Waals surface area contributed by atoms with Gasteiger partial charge in [0.15, 0.2) is 0 Å². The first-order valence-electron chi connectivity index (χ1n) is 5.81. The third-order valence-electron chi connectivity index (χ3n) is 2.69. The highest BCUT2D eigenvalue weighted by Crippen LogP contribution is 2.30. The molecule has 0 aliphatic carbocycles. The molecule has 7 heteroatoms. The number of halogens is 2. The summed E-state index contributed by atoms with van der Waals surface area (Å²) in [7, 11) is 0. The second-order valence-corrected chi connectivity index (χ2v) is 5.20. The van der Waals surface area contributed by atoms with Crippen LogP contribution in [0.25, 0.3) is 10.9 Å². The van der Waals surface area contributed by atoms with E-state index in [1.807, 2.05) is 30.3 Å². The molecular formula is C14H13Cl2N3OS. The molecule has 110 valence electrons. The van der Waals surface area contributed by atoms with Crippen LogP contribution < -0.4 is 5.56 Å². The average Bonchev–Trinajstić information content (AvgIpc) is 2.39. The minimum absolute atomic E-state index is 0. The normalized spacial score (nSPS) is 9.76. The third kappa shape index (κ3) is 3.75. The predicted molar refractivity (Wildman–Crippen MR) is 90.0 cm³/mol. The molecule has 0 saturated carbocycles. The first-order chi connectivity index (χ1) is 9.24. The number of benzene rings is 1. The summed E-state index contributed by atoms with van der Waals surface area (Å²) in [4.78, 5) is 25.1. The zero-order valence-corrected chi connectivity index (χ0v) is 13.5. The van der Waals surface area contributed by atoms with Crippen LogP contribution in [0.3, 0.4) is 0 Å². The SMILES string of the molecule is Cc1nc2cccc(Sc3ccncc3)c2c(=O)[nH]1.Cl.Cl. The Labute approximate surface area is 138 Å². The Bertz CT molecular complexity index is 793. The van der Waals surface area contributed by atoms with Gasteiger partial charge < -0.3 is 4.98 Å². The van der Waals surface area contributed by atoms with E-state index < -0.39 is 0 Å². The summed E-state index contributed by atoms with van der Waals surface area (Å²) in [5, 5.41) is 0.634. The zero-order valence-electron chi connectivity index (χ0n) is 11.1. The van der Waals surface area contributed by atoms with Crippen molar-refractivity contribution in [1.29, 1.82) is 0 Å². The highest BCUT2D eigenvalue weighted by atomic mass is 35.5. The first-order valence-corrected chi connectivity index (χ1v) is 6.63. The molecule has 0 amide bonds. The fourth-order valence-electron chi connectivity index (χ4n) is 1.89. The fraction of sp³-hybridized carbons (Fsp3) is 0.0714. The molecule has 21 heavy (non-hydrogen) atoms. The van der Waals surface area contributed by atoms with Gasteiger partial charge in [-0.1, -0.05) is 17.8 Å². The molecule has 2 heterocycles. The van der Waals surface area contributed by atoms with Crippen LogP contribution in [-0.4, -0.2) is 15.0 Å². The molecule has 3 aromatic rings. The Morgan fingerprint density at radius 3 is 2.52 bits per heavy atom. The van der Waals surface area contributed by atoms with E-state index in [9.17, 15) is 4.79 Å². The van der Waals surface area contributed by atoms with Crippen molar-refractivity contribution in [1.82, 2.24) is 15.0 Å². The Kier molecular flexibility index (Phi) is 6.20. The maximum atomic E-state index is 12.1. The van der Waals surface area contributed by atoms with Gasteiger partial charge in [0.25, 0.3) is 5.56 Å². The van der Waals surface area contributed by atoms with Crippen molar-refractivity contribution < 1.29 is 0 Å². The molecule has 0 atom stereocenters. The lowest BCUT2D eigenvalue weighted by Crippen LogP contribution is -2.10. The quantitative estimate of drug-likeness (QED) is 0.773. The Hall–Kier alpha value is -1.56. The molecular weight excluding hydrogens is 329 g/mol. The number of pyridine rings is 1. The van der Waals surface area contributed by atoms with E-state index in [1.54, 1.807) is 19.3 Å². The van der Waals surface area contributed by atoms with E-state index in [0.29, 0.717) is 11.2 Å². The van der Waals surface area contributed by atoms with Crippen LogP contribution in [0.1, 0.15) is 5.82 Å². The van der Waals surface area contributed by atoms with Crippen molar-refractivity contribution in [2.24, 2.45) is 0 Å². The second kappa shape index (κ2) is 7.45. The summed E-state index contributed by atoms with van der Waals surface area (Å²) in [6.45, 7) is 1.78. The summed E-state index contributed by atoms with van der Waals surface area (Å²) in [5.74, 6) is 0.628. The van der Waals surface area contributed by atoms with Crippen molar-refractivity contribution in [3.05, 3.63) is 58.9 Å². The van der Waals surface area contributed by atoms with Crippen LogP contribution in [0, 0.1) is 6.92 Å². The van der Waals surface area contributed by atoms with E-state index in [4.69, 9.17) is 0 Å². The van der Waals surface area contributed by atoms with E-state index in [1.165, 1.54) is 11.8 Å². The molecule has 0 spiro atoms. The monoisotopic (exact) mass is 341 g/mol. The number of hydrogen-bond donors (Lipinski definition) is 1. The summed E-state index contributed by atoms with van der Waals surface area (Å²) < 4.78 is 0. The molecule has 0 aliphatic heterocycles. The first kappa shape index (κ1) is 17.5. The number of rotatable bonds is 2. The van der Waals surface area contributed by atoms with Crippen molar-refractivity contribution in [3.63, 3.8) is 0 Å². The molecule has 0 fully saturated rings. The summed E-state index contributed by atoms with van der Waals surface area (Å²) in [6, 6.07) is 9.53. The number of aryl methyl sites for hydroxylation is 1. The van der Waals surface area contributed by atoms with Gasteiger partial charge in [-0.3, -0.25) is 9.78 Å². The molecule has 0 saturated heterocycles. The molecule has 3 rings (SSSR count). The van der Waals surface area contributed by atoms with Crippen molar-refractivity contribution in [3.8, 4) is 0 Å². The summed E-state index contributed by atoms with van der Waals surface area (Å²) in [6.07, 6.45) is 3.47. The van der Waals surface area contributed by atoms with Gasteiger partial charge in [0.1, 0.15) is 5.82 Å². The number of nitrogens with zero attached hydrogens (tertiary/aromatic N) is 2. The molecule has 0 unspecified atom stereocenters. The van der Waals surface area contributed by atoms with Crippen LogP contribution in [0.15, 0.2) is 57.3 Å². The van der Waals surface area contributed by atoms with Crippen LogP contribution in [0.2, 0.25) is 0 Å². The van der Waals surface area contributed by atoms with Crippen LogP contribution in [0.4, 0.5) is 0 Å². The maximum absolute atomic E-state index is 12.1. The number of fused-ring (bicyclic) bond motifs is 1. The van der Waals surface area contributed by atoms with Gasteiger partial charge in [-0.05, 0) is 31.2 Å². The van der Waals surface area contributed by atoms with Crippen molar-refractivity contribution in [2.45, 2.75) is 16.7 Å². The predicted octanol–water partition coefficient (Wildman–Crippen LogP) is 3.62. The molecule has 1 N–H and O–H groups in total. The largest absolute Gasteiger partial charge is 0.310 e. The zero-order chi connectivity index (χ0) is 13.2. The molecule has 1 aromatic carbocycles. The topological polar surface area (TPSA) is 58.6 Å². The molecule has 0 radical (unpaired) electrons. The van der Waals surface area contributed by atoms with Crippen molar-refractivity contribution >= 4 is 47.5 Å². The maximum Gasteiger partial charge on any atom is 0.259 e. The Morgan fingerprint density at radius 2 is 1.81 bits per heavy atom. The van der Waals surface area contributed by atoms with Gasteiger partial charge in [-0.25, -0.2) is 4.98 Å². The number of H-pyrrole nitrogens is 1. The molecule has 4 nitrogen and oxygen atoms in total. The van der Waals surface area contributed by atoms with Crippen molar-refractivity contribution in [2.75, 3.05) is 0 Å². The number of hydrogen-bond acceptors (Lipinski definition) is 4. The van der Waals surface area contributed by atoms with Crippen LogP contribution in [-0.2, 0) is 0 Å². The number of aromatic nitrogens is 3. The highest BCUT2D eigenvalue weighted by Gasteiger charge is 2.08. The lowest BCUT2D eigenvalue weighted by atomic mass is 10.2. The smallest absolute Gasteiger partial charge is 0.259 e. The average molecular weight is 342 g/mol. The van der Waals surface area contributed by atoms with Gasteiger partial charge in [0.05, 0.1) is 10.9 Å². The van der Waals surface area contributed by atoms with Gasteiger partial charge >= 0.3 is 0 Å². The summed E-state index contributed by atoms with van der Waals surface area (Å²) >= 11 is 1.54. The van der Waals surface area contributed by atoms with E-state index in [2.05, 4.69) is 15.0 Å². The van der Waals surface area contributed by atoms with Gasteiger partial charge in [0.2, 0.25) is 0 Å². The fourth-order valence-corrected chi connectivity index (χ4v) is 2.85. The Balaban J connectivity index is 0.00000110.